The van der Waals surface area contributed by atoms with Gasteiger partial charge < -0.3 is 24.6 Å². The van der Waals surface area contributed by atoms with Gasteiger partial charge in [-0.05, 0) is 56.9 Å². The van der Waals surface area contributed by atoms with Crippen molar-refractivity contribution in [3.05, 3.63) is 24.3 Å². The Kier molecular flexibility index (Phi) is 10.4. The van der Waals surface area contributed by atoms with E-state index in [9.17, 15) is 27.6 Å². The predicted octanol–water partition coefficient (Wildman–Crippen LogP) is 3.91. The molecule has 2 amide bonds. The first-order valence-corrected chi connectivity index (χ1v) is 13.3. The van der Waals surface area contributed by atoms with Crippen LogP contribution < -0.4 is 10.1 Å². The number of benzene rings is 1. The Bertz CT molecular complexity index is 935. The number of anilines is 1. The van der Waals surface area contributed by atoms with Gasteiger partial charge in [-0.3, -0.25) is 14.5 Å². The van der Waals surface area contributed by atoms with Crippen molar-refractivity contribution in [3.63, 3.8) is 0 Å². The van der Waals surface area contributed by atoms with E-state index in [1.165, 1.54) is 24.3 Å². The molecule has 2 aliphatic rings. The molecular weight excluding hydrogens is 501 g/mol. The minimum atomic E-state index is -4.75. The lowest BCUT2D eigenvalue weighted by Crippen LogP contribution is -2.56. The summed E-state index contributed by atoms with van der Waals surface area (Å²) in [5.41, 5.74) is 0.615. The molecule has 1 N–H and O–H groups in total. The first-order valence-electron chi connectivity index (χ1n) is 13.3. The van der Waals surface area contributed by atoms with Gasteiger partial charge in [0.15, 0.2) is 0 Å². The Balaban J connectivity index is 1.67. The molecule has 1 aromatic rings. The standard InChI is InChI=1S/C27H39F3N4O4/c1-19(11-16-35)26(37)34(20(2)18-31-22-7-9-25(10-8-22)38-27(28,29)30)24-6-4-5-23(17-24)33-14-12-32(13-15-33)21(3)36/h7-10,16,19-20,23-24,31H,4-6,11-15,17-18H2,1-3H3/t19?,20-,23?,24+/m0/s1. The number of carbonyl (C=O) groups excluding carboxylic acids is 3. The van der Waals surface area contributed by atoms with Crippen molar-refractivity contribution < 1.29 is 32.3 Å². The van der Waals surface area contributed by atoms with Crippen LogP contribution >= 0.6 is 0 Å². The lowest BCUT2D eigenvalue weighted by molar-refractivity contribution is -0.274. The van der Waals surface area contributed by atoms with E-state index in [1.54, 1.807) is 13.8 Å². The van der Waals surface area contributed by atoms with Gasteiger partial charge in [-0.1, -0.05) is 6.92 Å². The summed E-state index contributed by atoms with van der Waals surface area (Å²) in [5.74, 6) is -0.704. The molecule has 0 spiro atoms. The van der Waals surface area contributed by atoms with Gasteiger partial charge >= 0.3 is 6.36 Å². The van der Waals surface area contributed by atoms with Crippen LogP contribution in [0.5, 0.6) is 5.75 Å². The first-order chi connectivity index (χ1) is 18.0. The predicted molar refractivity (Wildman–Crippen MR) is 138 cm³/mol. The van der Waals surface area contributed by atoms with E-state index in [0.29, 0.717) is 31.4 Å². The van der Waals surface area contributed by atoms with Gasteiger partial charge in [0.05, 0.1) is 0 Å². The van der Waals surface area contributed by atoms with Gasteiger partial charge in [0, 0.05) is 75.8 Å². The van der Waals surface area contributed by atoms with E-state index >= 15 is 0 Å². The maximum absolute atomic E-state index is 13.5. The third-order valence-corrected chi connectivity index (χ3v) is 7.58. The van der Waals surface area contributed by atoms with Crippen molar-refractivity contribution in [2.24, 2.45) is 5.92 Å². The van der Waals surface area contributed by atoms with Crippen molar-refractivity contribution in [1.29, 1.82) is 0 Å². The SMILES string of the molecule is CC(=O)N1CCN(C2CCC[C@@H](N(C(=O)C(C)CC=O)[C@@H](C)CNc3ccc(OC(F)(F)F)cc3)C2)CC1. The fourth-order valence-electron chi connectivity index (χ4n) is 5.52. The van der Waals surface area contributed by atoms with Crippen molar-refractivity contribution in [2.45, 2.75) is 77.4 Å². The molecular formula is C27H39F3N4O4. The number of ether oxygens (including phenoxy) is 1. The molecule has 1 saturated heterocycles. The summed E-state index contributed by atoms with van der Waals surface area (Å²) in [6.07, 6.45) is -0.103. The molecule has 1 aromatic carbocycles. The number of amides is 2. The number of rotatable bonds is 10. The largest absolute Gasteiger partial charge is 0.573 e. The fourth-order valence-corrected chi connectivity index (χ4v) is 5.52. The molecule has 212 valence electrons. The van der Waals surface area contributed by atoms with Crippen LogP contribution in [0.15, 0.2) is 24.3 Å². The van der Waals surface area contributed by atoms with E-state index < -0.39 is 12.3 Å². The van der Waals surface area contributed by atoms with E-state index in [2.05, 4.69) is 15.0 Å². The zero-order valence-corrected chi connectivity index (χ0v) is 22.4. The average molecular weight is 541 g/mol. The number of hydrogen-bond acceptors (Lipinski definition) is 6. The maximum atomic E-state index is 13.5. The quantitative estimate of drug-likeness (QED) is 0.453. The molecule has 8 nitrogen and oxygen atoms in total. The summed E-state index contributed by atoms with van der Waals surface area (Å²) in [6, 6.07) is 5.63. The van der Waals surface area contributed by atoms with Gasteiger partial charge in [-0.25, -0.2) is 0 Å². The van der Waals surface area contributed by atoms with Crippen LogP contribution in [0, 0.1) is 5.92 Å². The lowest BCUT2D eigenvalue weighted by atomic mass is 9.87. The van der Waals surface area contributed by atoms with E-state index in [-0.39, 0.29) is 36.1 Å². The minimum Gasteiger partial charge on any atom is -0.406 e. The Morgan fingerprint density at radius 1 is 1.13 bits per heavy atom. The van der Waals surface area contributed by atoms with Crippen LogP contribution in [0.4, 0.5) is 18.9 Å². The van der Waals surface area contributed by atoms with Crippen LogP contribution in [-0.4, -0.2) is 90.0 Å². The fraction of sp³-hybridized carbons (Fsp3) is 0.667. The normalized spacial score (nSPS) is 22.3. The second-order valence-corrected chi connectivity index (χ2v) is 10.4. The second kappa shape index (κ2) is 13.3. The average Bonchev–Trinajstić information content (AvgIpc) is 2.88. The Morgan fingerprint density at radius 2 is 1.79 bits per heavy atom. The molecule has 1 aliphatic carbocycles. The van der Waals surface area contributed by atoms with Crippen LogP contribution in [0.25, 0.3) is 0 Å². The summed E-state index contributed by atoms with van der Waals surface area (Å²) < 4.78 is 41.2. The van der Waals surface area contributed by atoms with Gasteiger partial charge in [0.1, 0.15) is 12.0 Å². The van der Waals surface area contributed by atoms with Crippen LogP contribution in [0.3, 0.4) is 0 Å². The molecule has 0 bridgehead atoms. The molecule has 1 aliphatic heterocycles. The highest BCUT2D eigenvalue weighted by Crippen LogP contribution is 2.30. The monoisotopic (exact) mass is 540 g/mol. The third kappa shape index (κ3) is 8.34. The number of piperazine rings is 1. The van der Waals surface area contributed by atoms with Gasteiger partial charge in [-0.15, -0.1) is 13.2 Å². The molecule has 0 radical (unpaired) electrons. The summed E-state index contributed by atoms with van der Waals surface area (Å²) >= 11 is 0. The van der Waals surface area contributed by atoms with Crippen LogP contribution in [-0.2, 0) is 14.4 Å². The molecule has 1 heterocycles. The van der Waals surface area contributed by atoms with Crippen LogP contribution in [0.1, 0.15) is 52.9 Å². The summed E-state index contributed by atoms with van der Waals surface area (Å²) in [6.45, 7) is 8.77. The Morgan fingerprint density at radius 3 is 2.37 bits per heavy atom. The Hall–Kier alpha value is -2.82. The third-order valence-electron chi connectivity index (χ3n) is 7.58. The highest BCUT2D eigenvalue weighted by Gasteiger charge is 2.37. The molecule has 2 fully saturated rings. The molecule has 3 rings (SSSR count). The van der Waals surface area contributed by atoms with Gasteiger partial charge in [-0.2, -0.15) is 0 Å². The van der Waals surface area contributed by atoms with Crippen molar-refractivity contribution in [1.82, 2.24) is 14.7 Å². The van der Waals surface area contributed by atoms with E-state index in [4.69, 9.17) is 0 Å². The minimum absolute atomic E-state index is 0.0144. The zero-order chi connectivity index (χ0) is 27.9. The summed E-state index contributed by atoms with van der Waals surface area (Å²) in [4.78, 5) is 42.6. The Labute approximate surface area is 222 Å². The van der Waals surface area contributed by atoms with E-state index in [1.807, 2.05) is 16.7 Å². The lowest BCUT2D eigenvalue weighted by Gasteiger charge is -2.46. The number of nitrogens with zero attached hydrogens (tertiary/aromatic N) is 3. The van der Waals surface area contributed by atoms with Gasteiger partial charge in [0.2, 0.25) is 11.8 Å². The van der Waals surface area contributed by atoms with E-state index in [0.717, 1.165) is 45.1 Å². The highest BCUT2D eigenvalue weighted by molar-refractivity contribution is 5.81. The van der Waals surface area contributed by atoms with Crippen LogP contribution in [0.2, 0.25) is 0 Å². The summed E-state index contributed by atoms with van der Waals surface area (Å²) in [5, 5.41) is 3.22. The number of alkyl halides is 3. The maximum Gasteiger partial charge on any atom is 0.573 e. The number of hydrogen-bond donors (Lipinski definition) is 1. The smallest absolute Gasteiger partial charge is 0.406 e. The number of carbonyl (C=O) groups is 3. The molecule has 4 atom stereocenters. The molecule has 1 saturated carbocycles. The number of halogens is 3. The topological polar surface area (TPSA) is 82.2 Å². The van der Waals surface area contributed by atoms with Crippen molar-refractivity contribution in [2.75, 3.05) is 38.0 Å². The van der Waals surface area contributed by atoms with Gasteiger partial charge in [0.25, 0.3) is 0 Å². The molecule has 2 unspecified atom stereocenters. The number of nitrogens with one attached hydrogen (secondary N) is 1. The summed E-state index contributed by atoms with van der Waals surface area (Å²) in [7, 11) is 0. The molecule has 11 heteroatoms. The zero-order valence-electron chi connectivity index (χ0n) is 22.4. The van der Waals surface area contributed by atoms with Crippen molar-refractivity contribution in [3.8, 4) is 5.75 Å². The first kappa shape index (κ1) is 29.7. The highest BCUT2D eigenvalue weighted by atomic mass is 19.4. The molecule has 0 aromatic heterocycles. The number of aldehydes is 1. The molecule has 38 heavy (non-hydrogen) atoms. The second-order valence-electron chi connectivity index (χ2n) is 10.4. The van der Waals surface area contributed by atoms with Crippen molar-refractivity contribution >= 4 is 23.8 Å².